The third-order valence-corrected chi connectivity index (χ3v) is 4.68. The number of aryl methyl sites for hydroxylation is 2. The van der Waals surface area contributed by atoms with E-state index in [1.807, 2.05) is 19.9 Å². The Balaban J connectivity index is 2.51. The van der Waals surface area contributed by atoms with E-state index in [0.717, 1.165) is 17.5 Å². The summed E-state index contributed by atoms with van der Waals surface area (Å²) in [5.41, 5.74) is 8.58. The molecule has 31 heavy (non-hydrogen) atoms. The lowest BCUT2D eigenvalue weighted by Gasteiger charge is -2.23. The fourth-order valence-electron chi connectivity index (χ4n) is 3.20. The standard InChI is InChI=1S/C22H27N3O6/c1-3-5-15-10-13(4-2)11-17(20(15)31-12-18(26)27)19(22(28)29)24-16-8-6-14(7-9-16)21(23)25-30/h6-11,19,24,30H,3-5,12H2,1-2H3,(H2,23,25)(H,26,27)(H,28,29). The predicted molar refractivity (Wildman–Crippen MR) is 116 cm³/mol. The molecule has 0 saturated carbocycles. The molecule has 9 heteroatoms. The highest BCUT2D eigenvalue weighted by molar-refractivity contribution is 5.97. The van der Waals surface area contributed by atoms with Crippen LogP contribution in [0.3, 0.4) is 0 Å². The van der Waals surface area contributed by atoms with Crippen molar-refractivity contribution >= 4 is 23.5 Å². The first-order valence-corrected chi connectivity index (χ1v) is 9.88. The number of nitrogens with one attached hydrogen (secondary N) is 1. The van der Waals surface area contributed by atoms with Crippen molar-refractivity contribution in [2.45, 2.75) is 39.2 Å². The number of nitrogens with two attached hydrogens (primary N) is 1. The van der Waals surface area contributed by atoms with Gasteiger partial charge in [0.1, 0.15) is 5.75 Å². The molecule has 0 bridgehead atoms. The molecule has 0 amide bonds. The minimum absolute atomic E-state index is 0.0643. The van der Waals surface area contributed by atoms with Gasteiger partial charge in [-0.15, -0.1) is 0 Å². The van der Waals surface area contributed by atoms with Crippen LogP contribution in [0.2, 0.25) is 0 Å². The number of oxime groups is 1. The average Bonchev–Trinajstić information content (AvgIpc) is 2.75. The number of amidine groups is 1. The van der Waals surface area contributed by atoms with Crippen molar-refractivity contribution in [3.63, 3.8) is 0 Å². The molecular weight excluding hydrogens is 402 g/mol. The maximum absolute atomic E-state index is 12.2. The molecule has 2 rings (SSSR count). The normalized spacial score (nSPS) is 12.3. The first kappa shape index (κ1) is 23.5. The molecule has 1 atom stereocenters. The van der Waals surface area contributed by atoms with Crippen LogP contribution in [-0.4, -0.2) is 39.8 Å². The molecule has 2 aromatic carbocycles. The van der Waals surface area contributed by atoms with Crippen LogP contribution in [0.4, 0.5) is 5.69 Å². The van der Waals surface area contributed by atoms with Gasteiger partial charge >= 0.3 is 11.9 Å². The zero-order valence-corrected chi connectivity index (χ0v) is 17.5. The molecule has 0 aromatic heterocycles. The first-order chi connectivity index (χ1) is 14.8. The Hall–Kier alpha value is -3.75. The SMILES string of the molecule is CCCc1cc(CC)cc(C(Nc2ccc(/C(N)=N/O)cc2)C(=O)O)c1OCC(=O)O. The van der Waals surface area contributed by atoms with Crippen molar-refractivity contribution in [2.24, 2.45) is 10.9 Å². The van der Waals surface area contributed by atoms with Crippen LogP contribution in [0, 0.1) is 0 Å². The summed E-state index contributed by atoms with van der Waals surface area (Å²) in [7, 11) is 0. The van der Waals surface area contributed by atoms with Gasteiger partial charge in [-0.05, 0) is 54.3 Å². The summed E-state index contributed by atoms with van der Waals surface area (Å²) in [4.78, 5) is 23.3. The summed E-state index contributed by atoms with van der Waals surface area (Å²) < 4.78 is 5.55. The molecule has 0 saturated heterocycles. The molecule has 9 nitrogen and oxygen atoms in total. The van der Waals surface area contributed by atoms with Crippen LogP contribution in [0.5, 0.6) is 5.75 Å². The summed E-state index contributed by atoms with van der Waals surface area (Å²) in [6, 6.07) is 8.87. The Labute approximate surface area is 180 Å². The Bertz CT molecular complexity index is 956. The quantitative estimate of drug-likeness (QED) is 0.158. The van der Waals surface area contributed by atoms with Gasteiger partial charge in [0.25, 0.3) is 0 Å². The second-order valence-corrected chi connectivity index (χ2v) is 6.94. The van der Waals surface area contributed by atoms with Gasteiger partial charge in [0, 0.05) is 16.8 Å². The molecule has 6 N–H and O–H groups in total. The smallest absolute Gasteiger partial charge is 0.341 e. The van der Waals surface area contributed by atoms with Crippen LogP contribution >= 0.6 is 0 Å². The Kier molecular flexibility index (Phi) is 8.25. The molecule has 0 aliphatic rings. The summed E-state index contributed by atoms with van der Waals surface area (Å²) in [5, 5.41) is 33.7. The van der Waals surface area contributed by atoms with Gasteiger partial charge in [-0.25, -0.2) is 9.59 Å². The largest absolute Gasteiger partial charge is 0.481 e. The van der Waals surface area contributed by atoms with E-state index in [9.17, 15) is 14.7 Å². The summed E-state index contributed by atoms with van der Waals surface area (Å²) in [6.07, 6.45) is 2.09. The van der Waals surface area contributed by atoms with Gasteiger partial charge in [0.2, 0.25) is 0 Å². The Morgan fingerprint density at radius 2 is 1.84 bits per heavy atom. The monoisotopic (exact) mass is 429 g/mol. The van der Waals surface area contributed by atoms with Crippen molar-refractivity contribution < 1.29 is 29.7 Å². The van der Waals surface area contributed by atoms with Gasteiger partial charge in [0.15, 0.2) is 18.5 Å². The molecule has 0 fully saturated rings. The number of carboxylic acids is 2. The number of carboxylic acid groups (broad SMARTS) is 2. The molecule has 166 valence electrons. The molecular formula is C22H27N3O6. The highest BCUT2D eigenvalue weighted by Gasteiger charge is 2.26. The Morgan fingerprint density at radius 1 is 1.16 bits per heavy atom. The number of nitrogens with zero attached hydrogens (tertiary/aromatic N) is 1. The van der Waals surface area contributed by atoms with Crippen molar-refractivity contribution in [3.8, 4) is 5.75 Å². The third kappa shape index (κ3) is 6.11. The van der Waals surface area contributed by atoms with Crippen molar-refractivity contribution in [2.75, 3.05) is 11.9 Å². The second kappa shape index (κ2) is 10.9. The van der Waals surface area contributed by atoms with Gasteiger partial charge in [0.05, 0.1) is 0 Å². The average molecular weight is 429 g/mol. The topological polar surface area (TPSA) is 154 Å². The van der Waals surface area contributed by atoms with Gasteiger partial charge in [-0.1, -0.05) is 31.5 Å². The number of aliphatic carboxylic acids is 2. The molecule has 0 radical (unpaired) electrons. The van der Waals surface area contributed by atoms with Crippen LogP contribution in [0.1, 0.15) is 48.6 Å². The van der Waals surface area contributed by atoms with Crippen LogP contribution in [-0.2, 0) is 22.4 Å². The van der Waals surface area contributed by atoms with Crippen molar-refractivity contribution in [1.29, 1.82) is 0 Å². The van der Waals surface area contributed by atoms with E-state index in [1.54, 1.807) is 30.3 Å². The van der Waals surface area contributed by atoms with E-state index in [0.29, 0.717) is 29.7 Å². The van der Waals surface area contributed by atoms with Crippen LogP contribution in [0.15, 0.2) is 41.6 Å². The number of hydrogen-bond acceptors (Lipinski definition) is 6. The van der Waals surface area contributed by atoms with E-state index in [1.165, 1.54) is 0 Å². The van der Waals surface area contributed by atoms with Crippen LogP contribution < -0.4 is 15.8 Å². The molecule has 1 unspecified atom stereocenters. The molecule has 2 aromatic rings. The van der Waals surface area contributed by atoms with E-state index < -0.39 is 24.6 Å². The second-order valence-electron chi connectivity index (χ2n) is 6.94. The predicted octanol–water partition coefficient (Wildman–Crippen LogP) is 3.00. The molecule has 0 aliphatic heterocycles. The van der Waals surface area contributed by atoms with Gasteiger partial charge < -0.3 is 31.2 Å². The highest BCUT2D eigenvalue weighted by atomic mass is 16.5. The van der Waals surface area contributed by atoms with Crippen LogP contribution in [0.25, 0.3) is 0 Å². The first-order valence-electron chi connectivity index (χ1n) is 9.88. The molecule has 0 spiro atoms. The number of rotatable bonds is 11. The van der Waals surface area contributed by atoms with Gasteiger partial charge in [-0.2, -0.15) is 0 Å². The summed E-state index contributed by atoms with van der Waals surface area (Å²) in [6.45, 7) is 3.37. The Morgan fingerprint density at radius 3 is 2.35 bits per heavy atom. The van der Waals surface area contributed by atoms with Crippen molar-refractivity contribution in [1.82, 2.24) is 0 Å². The van der Waals surface area contributed by atoms with E-state index in [-0.39, 0.29) is 11.6 Å². The fourth-order valence-corrected chi connectivity index (χ4v) is 3.20. The zero-order chi connectivity index (χ0) is 23.0. The number of ether oxygens (including phenoxy) is 1. The lowest BCUT2D eigenvalue weighted by molar-refractivity contribution is -0.139. The zero-order valence-electron chi connectivity index (χ0n) is 17.5. The maximum Gasteiger partial charge on any atom is 0.341 e. The minimum Gasteiger partial charge on any atom is -0.481 e. The third-order valence-electron chi connectivity index (χ3n) is 4.68. The highest BCUT2D eigenvalue weighted by Crippen LogP contribution is 2.34. The summed E-state index contributed by atoms with van der Waals surface area (Å²) in [5.74, 6) is -2.08. The van der Waals surface area contributed by atoms with E-state index in [2.05, 4.69) is 10.5 Å². The number of hydrogen-bond donors (Lipinski definition) is 5. The number of benzene rings is 2. The fraction of sp³-hybridized carbons (Fsp3) is 0.318. The lowest BCUT2D eigenvalue weighted by atomic mass is 9.95. The number of carbonyl (C=O) groups is 2. The van der Waals surface area contributed by atoms with E-state index in [4.69, 9.17) is 20.8 Å². The van der Waals surface area contributed by atoms with E-state index >= 15 is 0 Å². The minimum atomic E-state index is -1.18. The maximum atomic E-state index is 12.2. The number of anilines is 1. The lowest BCUT2D eigenvalue weighted by Crippen LogP contribution is -2.23. The molecule has 0 heterocycles. The van der Waals surface area contributed by atoms with Crippen molar-refractivity contribution in [3.05, 3.63) is 58.7 Å². The van der Waals surface area contributed by atoms with Gasteiger partial charge in [-0.3, -0.25) is 0 Å². The summed E-state index contributed by atoms with van der Waals surface area (Å²) >= 11 is 0. The molecule has 0 aliphatic carbocycles.